The third-order valence-electron chi connectivity index (χ3n) is 2.87. The molecular weight excluding hydrogens is 254 g/mol. The van der Waals surface area contributed by atoms with Gasteiger partial charge in [0.25, 0.3) is 0 Å². The number of H-pyrrole nitrogens is 1. The maximum absolute atomic E-state index is 13.1. The lowest BCUT2D eigenvalue weighted by atomic mass is 10.2. The molecule has 3 rings (SSSR count). The molecule has 0 spiro atoms. The molecule has 0 aliphatic carbocycles. The van der Waals surface area contributed by atoms with Gasteiger partial charge in [0.1, 0.15) is 5.82 Å². The molecular formula is C13H10F2N2S. The number of aromatic nitrogens is 2. The molecule has 0 radical (unpaired) electrons. The number of aryl methyl sites for hydroxylation is 1. The molecule has 0 fully saturated rings. The van der Waals surface area contributed by atoms with Gasteiger partial charge in [-0.25, -0.2) is 13.8 Å². The molecule has 3 aromatic rings. The molecule has 0 unspecified atom stereocenters. The minimum absolute atomic E-state index is 0.444. The van der Waals surface area contributed by atoms with Crippen molar-refractivity contribution in [3.05, 3.63) is 40.8 Å². The second-order valence-corrected chi connectivity index (χ2v) is 4.91. The number of hydrogen-bond acceptors (Lipinski definition) is 2. The SMILES string of the molecule is CCc1ccsc1-c1nc2cc(F)c(F)cc2[nH]1. The molecule has 5 heteroatoms. The van der Waals surface area contributed by atoms with Crippen LogP contribution in [0.1, 0.15) is 12.5 Å². The van der Waals surface area contributed by atoms with Crippen molar-refractivity contribution < 1.29 is 8.78 Å². The number of benzene rings is 1. The van der Waals surface area contributed by atoms with Crippen LogP contribution in [-0.2, 0) is 6.42 Å². The van der Waals surface area contributed by atoms with Crippen molar-refractivity contribution in [2.45, 2.75) is 13.3 Å². The van der Waals surface area contributed by atoms with Crippen LogP contribution in [0, 0.1) is 11.6 Å². The monoisotopic (exact) mass is 264 g/mol. The van der Waals surface area contributed by atoms with E-state index in [0.717, 1.165) is 23.4 Å². The van der Waals surface area contributed by atoms with E-state index in [1.165, 1.54) is 5.56 Å². The van der Waals surface area contributed by atoms with Crippen LogP contribution < -0.4 is 0 Å². The molecule has 1 aromatic carbocycles. The Balaban J connectivity index is 2.19. The van der Waals surface area contributed by atoms with E-state index in [1.807, 2.05) is 11.4 Å². The average Bonchev–Trinajstić information content (AvgIpc) is 2.95. The topological polar surface area (TPSA) is 28.7 Å². The summed E-state index contributed by atoms with van der Waals surface area (Å²) in [6, 6.07) is 4.29. The number of aromatic amines is 1. The molecule has 18 heavy (non-hydrogen) atoms. The number of rotatable bonds is 2. The molecule has 0 aliphatic rings. The van der Waals surface area contributed by atoms with Gasteiger partial charge in [0, 0.05) is 12.1 Å². The number of nitrogens with zero attached hydrogens (tertiary/aromatic N) is 1. The molecule has 2 heterocycles. The van der Waals surface area contributed by atoms with Crippen molar-refractivity contribution in [1.29, 1.82) is 0 Å². The summed E-state index contributed by atoms with van der Waals surface area (Å²) in [6.45, 7) is 2.06. The Morgan fingerprint density at radius 1 is 1.28 bits per heavy atom. The van der Waals surface area contributed by atoms with Gasteiger partial charge in [-0.15, -0.1) is 11.3 Å². The summed E-state index contributed by atoms with van der Waals surface area (Å²) in [6.07, 6.45) is 0.901. The average molecular weight is 264 g/mol. The first-order valence-electron chi connectivity index (χ1n) is 5.60. The molecule has 0 saturated carbocycles. The number of halogens is 2. The van der Waals surface area contributed by atoms with Gasteiger partial charge >= 0.3 is 0 Å². The van der Waals surface area contributed by atoms with Gasteiger partial charge in [-0.3, -0.25) is 0 Å². The first-order valence-corrected chi connectivity index (χ1v) is 6.48. The van der Waals surface area contributed by atoms with E-state index < -0.39 is 11.6 Å². The minimum Gasteiger partial charge on any atom is -0.337 e. The number of imidazole rings is 1. The fraction of sp³-hybridized carbons (Fsp3) is 0.154. The van der Waals surface area contributed by atoms with Crippen molar-refractivity contribution >= 4 is 22.4 Å². The highest BCUT2D eigenvalue weighted by atomic mass is 32.1. The van der Waals surface area contributed by atoms with Gasteiger partial charge in [0.15, 0.2) is 11.6 Å². The van der Waals surface area contributed by atoms with E-state index in [0.29, 0.717) is 16.9 Å². The molecule has 2 aromatic heterocycles. The van der Waals surface area contributed by atoms with Gasteiger partial charge in [-0.2, -0.15) is 0 Å². The van der Waals surface area contributed by atoms with Crippen molar-refractivity contribution in [1.82, 2.24) is 9.97 Å². The standard InChI is InChI=1S/C13H10F2N2S/c1-2-7-3-4-18-12(7)13-16-10-5-8(14)9(15)6-11(10)17-13/h3-6H,2H2,1H3,(H,16,17). The van der Waals surface area contributed by atoms with E-state index in [4.69, 9.17) is 0 Å². The Hall–Kier alpha value is -1.75. The number of fused-ring (bicyclic) bond motifs is 1. The molecule has 0 saturated heterocycles. The first kappa shape index (κ1) is 11.3. The van der Waals surface area contributed by atoms with Crippen LogP contribution in [0.3, 0.4) is 0 Å². The lowest BCUT2D eigenvalue weighted by Crippen LogP contribution is -1.82. The summed E-state index contributed by atoms with van der Waals surface area (Å²) in [5, 5.41) is 1.99. The molecule has 0 amide bonds. The second kappa shape index (κ2) is 4.17. The minimum atomic E-state index is -0.873. The zero-order valence-corrected chi connectivity index (χ0v) is 10.4. The van der Waals surface area contributed by atoms with Crippen molar-refractivity contribution in [2.24, 2.45) is 0 Å². The van der Waals surface area contributed by atoms with E-state index >= 15 is 0 Å². The lowest BCUT2D eigenvalue weighted by Gasteiger charge is -1.95. The maximum atomic E-state index is 13.1. The Kier molecular flexibility index (Phi) is 2.63. The van der Waals surface area contributed by atoms with Gasteiger partial charge in [0.05, 0.1) is 15.9 Å². The highest BCUT2D eigenvalue weighted by molar-refractivity contribution is 7.13. The zero-order valence-electron chi connectivity index (χ0n) is 9.63. The van der Waals surface area contributed by atoms with Crippen LogP contribution in [0.4, 0.5) is 8.78 Å². The highest BCUT2D eigenvalue weighted by Gasteiger charge is 2.12. The van der Waals surface area contributed by atoms with Crippen molar-refractivity contribution in [3.8, 4) is 10.7 Å². The summed E-state index contributed by atoms with van der Waals surface area (Å²) >= 11 is 1.57. The highest BCUT2D eigenvalue weighted by Crippen LogP contribution is 2.29. The Morgan fingerprint density at radius 3 is 2.83 bits per heavy atom. The van der Waals surface area contributed by atoms with E-state index in [2.05, 4.69) is 16.9 Å². The maximum Gasteiger partial charge on any atom is 0.161 e. The van der Waals surface area contributed by atoms with E-state index in [9.17, 15) is 8.78 Å². The van der Waals surface area contributed by atoms with Gasteiger partial charge in [0.2, 0.25) is 0 Å². The number of thiophene rings is 1. The third kappa shape index (κ3) is 1.71. The Morgan fingerprint density at radius 2 is 2.06 bits per heavy atom. The molecule has 0 bridgehead atoms. The zero-order chi connectivity index (χ0) is 12.7. The van der Waals surface area contributed by atoms with E-state index in [-0.39, 0.29) is 0 Å². The Labute approximate surface area is 106 Å². The van der Waals surface area contributed by atoms with Gasteiger partial charge in [-0.05, 0) is 23.4 Å². The second-order valence-electron chi connectivity index (χ2n) is 4.00. The Bertz CT molecular complexity index is 676. The largest absolute Gasteiger partial charge is 0.337 e. The third-order valence-corrected chi connectivity index (χ3v) is 3.83. The quantitative estimate of drug-likeness (QED) is 0.740. The van der Waals surface area contributed by atoms with Crippen molar-refractivity contribution in [2.75, 3.05) is 0 Å². The lowest BCUT2D eigenvalue weighted by molar-refractivity contribution is 0.510. The van der Waals surface area contributed by atoms with Crippen LogP contribution in [0.15, 0.2) is 23.6 Å². The predicted molar refractivity (Wildman–Crippen MR) is 68.7 cm³/mol. The van der Waals surface area contributed by atoms with Crippen LogP contribution in [0.2, 0.25) is 0 Å². The fourth-order valence-electron chi connectivity index (χ4n) is 1.93. The summed E-state index contributed by atoms with van der Waals surface area (Å²) in [5.41, 5.74) is 2.14. The van der Waals surface area contributed by atoms with Gasteiger partial charge < -0.3 is 4.98 Å². The van der Waals surface area contributed by atoms with Crippen LogP contribution >= 0.6 is 11.3 Å². The van der Waals surface area contributed by atoms with Crippen LogP contribution in [0.5, 0.6) is 0 Å². The predicted octanol–water partition coefficient (Wildman–Crippen LogP) is 4.13. The summed E-state index contributed by atoms with van der Waals surface area (Å²) in [7, 11) is 0. The normalized spacial score (nSPS) is 11.3. The van der Waals surface area contributed by atoms with Gasteiger partial charge in [-0.1, -0.05) is 6.92 Å². The smallest absolute Gasteiger partial charge is 0.161 e. The fourth-order valence-corrected chi connectivity index (χ4v) is 2.87. The summed E-state index contributed by atoms with van der Waals surface area (Å²) in [4.78, 5) is 8.37. The van der Waals surface area contributed by atoms with Crippen LogP contribution in [0.25, 0.3) is 21.7 Å². The molecule has 92 valence electrons. The first-order chi connectivity index (χ1) is 8.69. The number of hydrogen-bond donors (Lipinski definition) is 1. The molecule has 1 N–H and O–H groups in total. The molecule has 2 nitrogen and oxygen atoms in total. The van der Waals surface area contributed by atoms with Crippen LogP contribution in [-0.4, -0.2) is 9.97 Å². The van der Waals surface area contributed by atoms with E-state index in [1.54, 1.807) is 11.3 Å². The molecule has 0 atom stereocenters. The summed E-state index contributed by atoms with van der Waals surface area (Å²) in [5.74, 6) is -1.07. The van der Waals surface area contributed by atoms with Crippen molar-refractivity contribution in [3.63, 3.8) is 0 Å². The number of nitrogens with one attached hydrogen (secondary N) is 1. The molecule has 0 aliphatic heterocycles. The summed E-state index contributed by atoms with van der Waals surface area (Å²) < 4.78 is 26.2.